The van der Waals surface area contributed by atoms with Crippen molar-refractivity contribution in [2.75, 3.05) is 13.2 Å². The lowest BCUT2D eigenvalue weighted by molar-refractivity contribution is -0.137. The van der Waals surface area contributed by atoms with Gasteiger partial charge in [0.05, 0.1) is 6.61 Å². The minimum absolute atomic E-state index is 0.169. The van der Waals surface area contributed by atoms with E-state index in [1.54, 1.807) is 0 Å². The maximum Gasteiger partial charge on any atom is 0.330 e. The summed E-state index contributed by atoms with van der Waals surface area (Å²) in [6, 6.07) is 0. The van der Waals surface area contributed by atoms with Gasteiger partial charge >= 0.3 is 5.97 Å². The molecule has 6 nitrogen and oxygen atoms in total. The third kappa shape index (κ3) is 6.70. The zero-order valence-corrected chi connectivity index (χ0v) is 12.2. The van der Waals surface area contributed by atoms with Gasteiger partial charge in [-0.3, -0.25) is 4.55 Å². The van der Waals surface area contributed by atoms with Gasteiger partial charge in [0, 0.05) is 12.7 Å². The summed E-state index contributed by atoms with van der Waals surface area (Å²) in [5.74, 6) is -0.491. The Bertz CT molecular complexity index is 389. The Kier molecular flexibility index (Phi) is 7.89. The number of carbonyl (C=O) groups is 1. The Balaban J connectivity index is 4.02. The summed E-state index contributed by atoms with van der Waals surface area (Å²) >= 11 is 0. The van der Waals surface area contributed by atoms with Crippen molar-refractivity contribution in [3.8, 4) is 0 Å². The normalized spacial score (nSPS) is 14.7. The fourth-order valence-corrected chi connectivity index (χ4v) is 2.15. The van der Waals surface area contributed by atoms with Crippen molar-refractivity contribution in [1.82, 2.24) is 0 Å². The maximum absolute atomic E-state index is 11.2. The molecule has 1 atom stereocenters. The van der Waals surface area contributed by atoms with Gasteiger partial charge in [-0.05, 0) is 26.2 Å². The highest BCUT2D eigenvalue weighted by Crippen LogP contribution is 2.24. The quantitative estimate of drug-likeness (QED) is 0.286. The van der Waals surface area contributed by atoms with Gasteiger partial charge in [-0.25, -0.2) is 4.79 Å². The highest BCUT2D eigenvalue weighted by atomic mass is 32.2. The van der Waals surface area contributed by atoms with E-state index in [0.717, 1.165) is 6.08 Å². The van der Waals surface area contributed by atoms with Crippen LogP contribution in [-0.4, -0.2) is 37.1 Å². The van der Waals surface area contributed by atoms with Crippen molar-refractivity contribution >= 4 is 16.1 Å². The Morgan fingerprint density at radius 2 is 1.95 bits per heavy atom. The number of hydrogen-bond acceptors (Lipinski definition) is 5. The number of hydrogen-bond donors (Lipinski definition) is 1. The van der Waals surface area contributed by atoms with Crippen LogP contribution in [0.2, 0.25) is 0 Å². The van der Waals surface area contributed by atoms with Crippen LogP contribution in [-0.2, 0) is 24.4 Å². The molecule has 0 aliphatic carbocycles. The van der Waals surface area contributed by atoms with Crippen LogP contribution in [0, 0.1) is 0 Å². The molecule has 0 saturated carbocycles. The highest BCUT2D eigenvalue weighted by molar-refractivity contribution is 7.87. The second kappa shape index (κ2) is 8.29. The van der Waals surface area contributed by atoms with Crippen LogP contribution < -0.4 is 0 Å². The lowest BCUT2D eigenvalue weighted by Gasteiger charge is -2.26. The summed E-state index contributed by atoms with van der Waals surface area (Å²) < 4.78 is 41.7. The molecular formula is C12H22O6S. The van der Waals surface area contributed by atoms with Gasteiger partial charge in [-0.2, -0.15) is 8.42 Å². The van der Waals surface area contributed by atoms with Crippen molar-refractivity contribution in [2.45, 2.75) is 44.5 Å². The Morgan fingerprint density at radius 1 is 1.37 bits per heavy atom. The largest absolute Gasteiger partial charge is 0.463 e. The molecule has 1 unspecified atom stereocenters. The van der Waals surface area contributed by atoms with Crippen LogP contribution in [0.15, 0.2) is 12.7 Å². The molecule has 0 aliphatic heterocycles. The van der Waals surface area contributed by atoms with Crippen LogP contribution in [0.4, 0.5) is 0 Å². The summed E-state index contributed by atoms with van der Waals surface area (Å²) in [5, 5.41) is 0. The topological polar surface area (TPSA) is 89.9 Å². The minimum Gasteiger partial charge on any atom is -0.463 e. The smallest absolute Gasteiger partial charge is 0.330 e. The van der Waals surface area contributed by atoms with E-state index in [1.807, 2.05) is 6.92 Å². The SMILES string of the molecule is C=CC(=O)OCCCCOC(C)(CCC)S(=O)(=O)O. The van der Waals surface area contributed by atoms with Crippen LogP contribution in [0.3, 0.4) is 0 Å². The molecule has 1 N–H and O–H groups in total. The number of carbonyl (C=O) groups excluding carboxylic acids is 1. The van der Waals surface area contributed by atoms with Gasteiger partial charge in [-0.1, -0.05) is 19.9 Å². The first-order valence-corrected chi connectivity index (χ1v) is 7.61. The van der Waals surface area contributed by atoms with Crippen LogP contribution in [0.5, 0.6) is 0 Å². The molecule has 0 aromatic heterocycles. The highest BCUT2D eigenvalue weighted by Gasteiger charge is 2.37. The lowest BCUT2D eigenvalue weighted by atomic mass is 10.2. The second-order valence-corrected chi connectivity index (χ2v) is 6.10. The van der Waals surface area contributed by atoms with E-state index in [2.05, 4.69) is 6.58 Å². The molecular weight excluding hydrogens is 272 g/mol. The maximum atomic E-state index is 11.2. The van der Waals surface area contributed by atoms with E-state index in [-0.39, 0.29) is 19.6 Å². The second-order valence-electron chi connectivity index (χ2n) is 4.29. The van der Waals surface area contributed by atoms with Gasteiger partial charge in [0.25, 0.3) is 10.1 Å². The van der Waals surface area contributed by atoms with Crippen LogP contribution in [0.1, 0.15) is 39.5 Å². The summed E-state index contributed by atoms with van der Waals surface area (Å²) in [7, 11) is -4.26. The lowest BCUT2D eigenvalue weighted by Crippen LogP contribution is -2.38. The summed E-state index contributed by atoms with van der Waals surface area (Å²) in [6.07, 6.45) is 2.95. The molecule has 112 valence electrons. The standard InChI is InChI=1S/C12H22O6S/c1-4-8-12(3,19(14,15)16)18-10-7-6-9-17-11(13)5-2/h5H,2,4,6-10H2,1,3H3,(H,14,15,16). The molecule has 0 amide bonds. The average Bonchev–Trinajstić information content (AvgIpc) is 2.32. The molecule has 7 heteroatoms. The van der Waals surface area contributed by atoms with Crippen LogP contribution in [0.25, 0.3) is 0 Å². The van der Waals surface area contributed by atoms with E-state index < -0.39 is 21.0 Å². The zero-order chi connectivity index (χ0) is 14.9. The van der Waals surface area contributed by atoms with Crippen molar-refractivity contribution < 1.29 is 27.2 Å². The number of unbranched alkanes of at least 4 members (excludes halogenated alkanes) is 1. The Hall–Kier alpha value is -0.920. The monoisotopic (exact) mass is 294 g/mol. The van der Waals surface area contributed by atoms with E-state index in [0.29, 0.717) is 19.3 Å². The zero-order valence-electron chi connectivity index (χ0n) is 11.4. The van der Waals surface area contributed by atoms with Crippen molar-refractivity contribution in [3.63, 3.8) is 0 Å². The number of esters is 1. The van der Waals surface area contributed by atoms with Crippen molar-refractivity contribution in [2.24, 2.45) is 0 Å². The van der Waals surface area contributed by atoms with E-state index in [1.165, 1.54) is 6.92 Å². The summed E-state index contributed by atoms with van der Waals surface area (Å²) in [6.45, 7) is 6.81. The van der Waals surface area contributed by atoms with E-state index >= 15 is 0 Å². The van der Waals surface area contributed by atoms with Gasteiger partial charge in [0.1, 0.15) is 0 Å². The molecule has 0 aliphatic rings. The Morgan fingerprint density at radius 3 is 2.42 bits per heavy atom. The van der Waals surface area contributed by atoms with Gasteiger partial charge in [-0.15, -0.1) is 0 Å². The van der Waals surface area contributed by atoms with E-state index in [9.17, 15) is 13.2 Å². The fourth-order valence-electron chi connectivity index (χ4n) is 1.45. The third-order valence-corrected chi connectivity index (χ3v) is 4.02. The summed E-state index contributed by atoms with van der Waals surface area (Å²) in [4.78, 5) is 9.17. The summed E-state index contributed by atoms with van der Waals surface area (Å²) in [5.41, 5.74) is 0. The predicted octanol–water partition coefficient (Wildman–Crippen LogP) is 1.92. The van der Waals surface area contributed by atoms with Gasteiger partial charge < -0.3 is 9.47 Å². The van der Waals surface area contributed by atoms with E-state index in [4.69, 9.17) is 14.0 Å². The molecule has 0 fully saturated rings. The molecule has 0 radical (unpaired) electrons. The molecule has 0 rings (SSSR count). The molecule has 0 spiro atoms. The molecule has 0 bridgehead atoms. The number of ether oxygens (including phenoxy) is 2. The van der Waals surface area contributed by atoms with Crippen molar-refractivity contribution in [3.05, 3.63) is 12.7 Å². The van der Waals surface area contributed by atoms with Gasteiger partial charge in [0.2, 0.25) is 0 Å². The minimum atomic E-state index is -4.26. The van der Waals surface area contributed by atoms with Gasteiger partial charge in [0.15, 0.2) is 4.93 Å². The molecule has 0 aromatic carbocycles. The number of rotatable bonds is 10. The first kappa shape index (κ1) is 18.1. The fraction of sp³-hybridized carbons (Fsp3) is 0.750. The Labute approximate surface area is 114 Å². The van der Waals surface area contributed by atoms with Crippen LogP contribution >= 0.6 is 0 Å². The average molecular weight is 294 g/mol. The molecule has 0 saturated heterocycles. The molecule has 19 heavy (non-hydrogen) atoms. The molecule has 0 heterocycles. The third-order valence-electron chi connectivity index (χ3n) is 2.61. The molecule has 0 aromatic rings. The first-order valence-electron chi connectivity index (χ1n) is 6.17. The van der Waals surface area contributed by atoms with Crippen molar-refractivity contribution in [1.29, 1.82) is 0 Å². The predicted molar refractivity (Wildman–Crippen MR) is 71.2 cm³/mol. The first-order chi connectivity index (χ1) is 8.77.